The normalized spacial score (nSPS) is 11.5. The van der Waals surface area contributed by atoms with Crippen LogP contribution >= 0.6 is 0 Å². The third-order valence-electron chi connectivity index (χ3n) is 1.54. The maximum absolute atomic E-state index is 12.9. The van der Waals surface area contributed by atoms with Crippen LogP contribution in [0.2, 0.25) is 0 Å². The highest BCUT2D eigenvalue weighted by atomic mass is 32.2. The number of halogens is 3. The second kappa shape index (κ2) is 3.63. The highest BCUT2D eigenvalue weighted by Crippen LogP contribution is 2.23. The average Bonchev–Trinajstić information content (AvgIpc) is 2.08. The zero-order valence-corrected chi connectivity index (χ0v) is 7.69. The second-order valence-electron chi connectivity index (χ2n) is 2.49. The molecule has 0 fully saturated rings. The molecule has 0 aliphatic rings. The summed E-state index contributed by atoms with van der Waals surface area (Å²) in [5, 5.41) is 0. The van der Waals surface area contributed by atoms with E-state index in [0.717, 1.165) is 0 Å². The molecular weight excluding hydrogens is 237 g/mol. The molecule has 0 aliphatic carbocycles. The van der Waals surface area contributed by atoms with Crippen molar-refractivity contribution in [1.82, 2.24) is 0 Å². The van der Waals surface area contributed by atoms with Crippen molar-refractivity contribution in [2.24, 2.45) is 0 Å². The van der Waals surface area contributed by atoms with Crippen LogP contribution < -0.4 is 0 Å². The maximum atomic E-state index is 12.9. The highest BCUT2D eigenvalue weighted by Gasteiger charge is 2.26. The van der Waals surface area contributed by atoms with Crippen LogP contribution in [0.15, 0.2) is 11.0 Å². The number of hydrogen-bond acceptors (Lipinski definition) is 3. The lowest BCUT2D eigenvalue weighted by molar-refractivity contribution is 0.111. The first-order valence-electron chi connectivity index (χ1n) is 3.39. The van der Waals surface area contributed by atoms with Gasteiger partial charge in [-0.2, -0.15) is 8.42 Å². The Morgan fingerprint density at radius 1 is 1.20 bits per heavy atom. The maximum Gasteiger partial charge on any atom is 0.298 e. The predicted molar refractivity (Wildman–Crippen MR) is 41.5 cm³/mol. The van der Waals surface area contributed by atoms with Gasteiger partial charge in [0.05, 0.1) is 5.56 Å². The largest absolute Gasteiger partial charge is 0.298 e. The number of aldehydes is 1. The Morgan fingerprint density at radius 2 is 1.73 bits per heavy atom. The van der Waals surface area contributed by atoms with Crippen molar-refractivity contribution in [1.29, 1.82) is 0 Å². The van der Waals surface area contributed by atoms with Crippen molar-refractivity contribution in [3.63, 3.8) is 0 Å². The summed E-state index contributed by atoms with van der Waals surface area (Å²) in [5.41, 5.74) is -1.38. The van der Waals surface area contributed by atoms with Crippen LogP contribution in [0.4, 0.5) is 13.2 Å². The summed E-state index contributed by atoms with van der Waals surface area (Å²) in [6.07, 6.45) is -0.398. The van der Waals surface area contributed by atoms with Gasteiger partial charge in [0.25, 0.3) is 10.1 Å². The molecule has 0 unspecified atom stereocenters. The summed E-state index contributed by atoms with van der Waals surface area (Å²) in [6.45, 7) is 0. The summed E-state index contributed by atoms with van der Waals surface area (Å²) in [6, 6.07) is -0.0779. The van der Waals surface area contributed by atoms with Crippen molar-refractivity contribution >= 4 is 16.4 Å². The van der Waals surface area contributed by atoms with Gasteiger partial charge in [-0.15, -0.1) is 0 Å². The molecule has 0 bridgehead atoms. The molecule has 0 aromatic heterocycles. The minimum absolute atomic E-state index is 0.0779. The highest BCUT2D eigenvalue weighted by molar-refractivity contribution is 7.86. The third-order valence-corrected chi connectivity index (χ3v) is 2.47. The van der Waals surface area contributed by atoms with Crippen molar-refractivity contribution in [2.75, 3.05) is 0 Å². The molecule has 0 heterocycles. The third kappa shape index (κ3) is 2.00. The van der Waals surface area contributed by atoms with Crippen LogP contribution in [0.5, 0.6) is 0 Å². The van der Waals surface area contributed by atoms with Crippen molar-refractivity contribution < 1.29 is 30.9 Å². The van der Waals surface area contributed by atoms with E-state index < -0.39 is 44.3 Å². The van der Waals surface area contributed by atoms with E-state index in [0.29, 0.717) is 0 Å². The van der Waals surface area contributed by atoms with E-state index in [-0.39, 0.29) is 6.07 Å². The standard InChI is InChI=1S/C7H3F3O4S/c8-4-1-5(9)7(15(12,13)14)3(2-11)6(4)10/h1-2H,(H,12,13,14). The Bertz CT molecular complexity index is 524. The van der Waals surface area contributed by atoms with Crippen molar-refractivity contribution in [3.8, 4) is 0 Å². The van der Waals surface area contributed by atoms with Gasteiger partial charge in [0.1, 0.15) is 10.7 Å². The Kier molecular flexibility index (Phi) is 2.82. The van der Waals surface area contributed by atoms with E-state index in [1.807, 2.05) is 0 Å². The fourth-order valence-electron chi connectivity index (χ4n) is 0.965. The minimum Gasteiger partial charge on any atom is -0.298 e. The zero-order valence-electron chi connectivity index (χ0n) is 6.87. The van der Waals surface area contributed by atoms with E-state index in [9.17, 15) is 26.4 Å². The molecular formula is C7H3F3O4S. The zero-order chi connectivity index (χ0) is 11.8. The lowest BCUT2D eigenvalue weighted by atomic mass is 10.2. The van der Waals surface area contributed by atoms with Crippen LogP contribution in [-0.4, -0.2) is 19.3 Å². The Labute approximate surface area is 82.1 Å². The molecule has 0 saturated heterocycles. The van der Waals surface area contributed by atoms with Gasteiger partial charge in [0.2, 0.25) is 0 Å². The number of benzene rings is 1. The first kappa shape index (κ1) is 11.7. The average molecular weight is 240 g/mol. The topological polar surface area (TPSA) is 71.4 Å². The Morgan fingerprint density at radius 3 is 2.13 bits per heavy atom. The molecule has 15 heavy (non-hydrogen) atoms. The lowest BCUT2D eigenvalue weighted by Crippen LogP contribution is -2.09. The van der Waals surface area contributed by atoms with Crippen LogP contribution in [-0.2, 0) is 10.1 Å². The van der Waals surface area contributed by atoms with E-state index >= 15 is 0 Å². The van der Waals surface area contributed by atoms with Crippen molar-refractivity contribution in [3.05, 3.63) is 29.1 Å². The smallest absolute Gasteiger partial charge is 0.298 e. The fourth-order valence-corrected chi connectivity index (χ4v) is 1.69. The molecule has 0 atom stereocenters. The van der Waals surface area contributed by atoms with Gasteiger partial charge in [0.15, 0.2) is 17.9 Å². The number of carbonyl (C=O) groups excluding carboxylic acids is 1. The Balaban J connectivity index is 3.80. The summed E-state index contributed by atoms with van der Waals surface area (Å²) in [5.74, 6) is -5.29. The van der Waals surface area contributed by atoms with Crippen LogP contribution in [0, 0.1) is 17.5 Å². The number of carbonyl (C=O) groups is 1. The molecule has 8 heteroatoms. The SMILES string of the molecule is O=Cc1c(F)c(F)cc(F)c1S(=O)(=O)O. The molecule has 0 radical (unpaired) electrons. The van der Waals surface area contributed by atoms with Gasteiger partial charge in [-0.3, -0.25) is 9.35 Å². The van der Waals surface area contributed by atoms with E-state index in [1.54, 1.807) is 0 Å². The summed E-state index contributed by atoms with van der Waals surface area (Å²) in [7, 11) is -5.13. The summed E-state index contributed by atoms with van der Waals surface area (Å²) in [4.78, 5) is 8.68. The summed E-state index contributed by atoms with van der Waals surface area (Å²) < 4.78 is 67.8. The number of rotatable bonds is 2. The molecule has 0 spiro atoms. The molecule has 1 aromatic carbocycles. The fraction of sp³-hybridized carbons (Fsp3) is 0. The minimum atomic E-state index is -5.13. The number of hydrogen-bond donors (Lipinski definition) is 1. The first-order valence-corrected chi connectivity index (χ1v) is 4.83. The molecule has 1 N–H and O–H groups in total. The first-order chi connectivity index (χ1) is 6.79. The molecule has 1 rings (SSSR count). The molecule has 4 nitrogen and oxygen atoms in total. The van der Waals surface area contributed by atoms with E-state index in [2.05, 4.69) is 0 Å². The molecule has 0 amide bonds. The van der Waals surface area contributed by atoms with Crippen LogP contribution in [0.3, 0.4) is 0 Å². The molecule has 1 aromatic rings. The van der Waals surface area contributed by atoms with Gasteiger partial charge in [0, 0.05) is 6.07 Å². The molecule has 82 valence electrons. The molecule has 0 aliphatic heterocycles. The van der Waals surface area contributed by atoms with Gasteiger partial charge >= 0.3 is 0 Å². The monoisotopic (exact) mass is 240 g/mol. The van der Waals surface area contributed by atoms with E-state index in [4.69, 9.17) is 4.55 Å². The van der Waals surface area contributed by atoms with Crippen LogP contribution in [0.25, 0.3) is 0 Å². The predicted octanol–water partition coefficient (Wildman–Crippen LogP) is 1.16. The summed E-state index contributed by atoms with van der Waals surface area (Å²) >= 11 is 0. The second-order valence-corrected chi connectivity index (χ2v) is 3.85. The van der Waals surface area contributed by atoms with Crippen molar-refractivity contribution in [2.45, 2.75) is 4.90 Å². The Hall–Kier alpha value is -1.41. The molecule has 0 saturated carbocycles. The van der Waals surface area contributed by atoms with Gasteiger partial charge in [-0.05, 0) is 0 Å². The van der Waals surface area contributed by atoms with Gasteiger partial charge < -0.3 is 0 Å². The lowest BCUT2D eigenvalue weighted by Gasteiger charge is -2.04. The van der Waals surface area contributed by atoms with E-state index in [1.165, 1.54) is 0 Å². The quantitative estimate of drug-likeness (QED) is 0.478. The van der Waals surface area contributed by atoms with Gasteiger partial charge in [-0.1, -0.05) is 0 Å². The van der Waals surface area contributed by atoms with Crippen LogP contribution in [0.1, 0.15) is 10.4 Å². The van der Waals surface area contributed by atoms with Gasteiger partial charge in [-0.25, -0.2) is 13.2 Å².